The molecule has 4 heteroatoms. The fraction of sp³-hybridized carbons (Fsp3) is 0. The van der Waals surface area contributed by atoms with Gasteiger partial charge in [-0.3, -0.25) is 0 Å². The second kappa shape index (κ2) is 9.80. The zero-order valence-electron chi connectivity index (χ0n) is 1.71. The van der Waals surface area contributed by atoms with E-state index in [1.54, 1.807) is 0 Å². The van der Waals surface area contributed by atoms with Gasteiger partial charge in [-0.1, -0.05) is 0 Å². The number of hydrogen-bond acceptors (Lipinski definition) is 2. The molecule has 0 radical (unpaired) electrons. The molecule has 0 N–H and O–H groups in total. The van der Waals surface area contributed by atoms with Crippen LogP contribution in [0.25, 0.3) is 0 Å². The van der Waals surface area contributed by atoms with Gasteiger partial charge in [-0.05, 0) is 0 Å². The monoisotopic (exact) mass is 120 g/mol. The first-order chi connectivity index (χ1) is 1.41. The van der Waals surface area contributed by atoms with Gasteiger partial charge in [0.2, 0.25) is 0 Å². The molecule has 2 nitrogen and oxygen atoms in total. The van der Waals surface area contributed by atoms with Crippen molar-refractivity contribution in [2.75, 3.05) is 0 Å². The summed E-state index contributed by atoms with van der Waals surface area (Å²) < 4.78 is 2.00. The molecule has 0 aliphatic heterocycles. The maximum absolute atomic E-state index is 8.44. The van der Waals surface area contributed by atoms with Crippen molar-refractivity contribution in [1.82, 2.24) is 0 Å². The van der Waals surface area contributed by atoms with Crippen LogP contribution in [0.1, 0.15) is 0 Å². The molecular weight excluding hydrogens is 118 g/mol. The van der Waals surface area contributed by atoms with Crippen LogP contribution in [0.5, 0.6) is 0 Å². The van der Waals surface area contributed by atoms with Crippen molar-refractivity contribution >= 4 is 13.5 Å². The van der Waals surface area contributed by atoms with E-state index in [-0.39, 0.29) is 13.5 Å². The Hall–Kier alpha value is 0.469. The summed E-state index contributed by atoms with van der Waals surface area (Å²) in [5.41, 5.74) is 0. The third kappa shape index (κ3) is 24.2. The molecule has 0 saturated heterocycles. The van der Waals surface area contributed by atoms with Gasteiger partial charge in [0.25, 0.3) is 0 Å². The van der Waals surface area contributed by atoms with Crippen LogP contribution in [-0.4, -0.2) is 0 Å². The van der Waals surface area contributed by atoms with Gasteiger partial charge in [0, 0.05) is 0 Å². The number of rotatable bonds is 0. The van der Waals surface area contributed by atoms with E-state index < -0.39 is 0 Å². The molecule has 27 valence electrons. The Morgan fingerprint density at radius 1 is 1.75 bits per heavy atom. The maximum atomic E-state index is 8.44. The summed E-state index contributed by atoms with van der Waals surface area (Å²) in [6.45, 7) is 0. The largest absolute Gasteiger partial charge is 0.197 e. The first kappa shape index (κ1) is 8.82. The molecule has 0 unspecified atom stereocenters. The maximum Gasteiger partial charge on any atom is -0.197 e. The van der Waals surface area contributed by atoms with E-state index in [4.69, 9.17) is 4.91 Å². The van der Waals surface area contributed by atoms with Gasteiger partial charge in [-0.15, -0.1) is 0 Å². The van der Waals surface area contributed by atoms with Crippen LogP contribution in [0.4, 0.5) is 0 Å². The average Bonchev–Trinajstić information content (AvgIpc) is 0.918. The normalized spacial score (nSPS) is 3.25. The van der Waals surface area contributed by atoms with E-state index in [1.807, 2.05) is 4.19 Å². The van der Waals surface area contributed by atoms with Crippen molar-refractivity contribution in [2.45, 2.75) is 0 Å². The number of nitrogens with zero attached hydrogens (tertiary/aromatic N) is 1. The molecule has 0 spiro atoms. The van der Waals surface area contributed by atoms with Crippen molar-refractivity contribution in [3.05, 3.63) is 4.91 Å². The summed E-state index contributed by atoms with van der Waals surface area (Å²) in [6, 6.07) is 0. The average molecular weight is 120 g/mol. The first-order valence-electron chi connectivity index (χ1n) is 0.341. The van der Waals surface area contributed by atoms with Crippen molar-refractivity contribution in [2.24, 2.45) is 4.19 Å². The minimum atomic E-state index is 0. The SMILES string of the molecule is O=[N][Fe].S. The summed E-state index contributed by atoms with van der Waals surface area (Å²) in [5.74, 6) is 0. The predicted octanol–water partition coefficient (Wildman–Crippen LogP) is 0.327. The molecule has 0 aliphatic rings. The molecule has 0 aliphatic carbocycles. The molecular formula is H2FeNOS. The summed E-state index contributed by atoms with van der Waals surface area (Å²) in [6.07, 6.45) is 0. The van der Waals surface area contributed by atoms with Crippen LogP contribution in [0, 0.1) is 4.91 Å². The van der Waals surface area contributed by atoms with Crippen LogP contribution in [-0.2, 0) is 16.2 Å². The molecule has 0 saturated carbocycles. The van der Waals surface area contributed by atoms with Crippen molar-refractivity contribution in [3.8, 4) is 0 Å². The van der Waals surface area contributed by atoms with E-state index in [0.29, 0.717) is 0 Å². The van der Waals surface area contributed by atoms with Gasteiger partial charge in [0.15, 0.2) is 0 Å². The van der Waals surface area contributed by atoms with Crippen LogP contribution in [0.3, 0.4) is 0 Å². The molecule has 0 fully saturated rings. The summed E-state index contributed by atoms with van der Waals surface area (Å²) in [7, 11) is 0. The second-order valence-electron chi connectivity index (χ2n) is 0.0645. The zero-order chi connectivity index (χ0) is 2.71. The molecule has 0 bridgehead atoms. The van der Waals surface area contributed by atoms with Gasteiger partial charge in [-0.25, -0.2) is 0 Å². The Balaban J connectivity index is 0. The van der Waals surface area contributed by atoms with E-state index in [2.05, 4.69) is 16.2 Å². The Bertz CT molecular complexity index is 15.5. The zero-order valence-corrected chi connectivity index (χ0v) is 3.81. The minimum Gasteiger partial charge on any atom is -0.197 e. The standard InChI is InChI=1S/Fe.NO.H2S/c;1-2;/h;;1H2/q+1;-1;. The Labute approximate surface area is 39.4 Å². The van der Waals surface area contributed by atoms with Gasteiger partial charge in [-0.2, -0.15) is 13.5 Å². The van der Waals surface area contributed by atoms with Crippen LogP contribution >= 0.6 is 13.5 Å². The summed E-state index contributed by atoms with van der Waals surface area (Å²) in [5, 5.41) is 0. The van der Waals surface area contributed by atoms with Crippen LogP contribution < -0.4 is 0 Å². The van der Waals surface area contributed by atoms with Gasteiger partial charge in [0.1, 0.15) is 0 Å². The summed E-state index contributed by atoms with van der Waals surface area (Å²) in [4.78, 5) is 8.44. The molecule has 4 heavy (non-hydrogen) atoms. The van der Waals surface area contributed by atoms with Gasteiger partial charge in [0.05, 0.1) is 0 Å². The molecule has 0 atom stereocenters. The Kier molecular flexibility index (Phi) is 21.6. The Morgan fingerprint density at radius 2 is 1.75 bits per heavy atom. The molecule has 0 aromatic carbocycles. The molecule has 0 amide bonds. The third-order valence-corrected chi connectivity index (χ3v) is 0. The molecule has 0 heterocycles. The van der Waals surface area contributed by atoms with Gasteiger partial charge < -0.3 is 0 Å². The molecule has 0 rings (SSSR count). The van der Waals surface area contributed by atoms with Crippen molar-refractivity contribution in [1.29, 1.82) is 0 Å². The molecule has 0 aromatic heterocycles. The fourth-order valence-electron chi connectivity index (χ4n) is 0. The fourth-order valence-corrected chi connectivity index (χ4v) is 0. The smallest absolute Gasteiger partial charge is 0.197 e. The quantitative estimate of drug-likeness (QED) is 0.334. The minimum absolute atomic E-state index is 0. The van der Waals surface area contributed by atoms with E-state index in [0.717, 1.165) is 0 Å². The van der Waals surface area contributed by atoms with E-state index >= 15 is 0 Å². The second-order valence-corrected chi connectivity index (χ2v) is 0.266. The first-order valence-corrected chi connectivity index (χ1v) is 0.834. The van der Waals surface area contributed by atoms with Crippen LogP contribution in [0.2, 0.25) is 0 Å². The van der Waals surface area contributed by atoms with Crippen LogP contribution in [0.15, 0.2) is 4.19 Å². The van der Waals surface area contributed by atoms with Gasteiger partial charge >= 0.3 is 25.3 Å². The molecule has 0 aromatic rings. The van der Waals surface area contributed by atoms with Crippen molar-refractivity contribution in [3.63, 3.8) is 0 Å². The summed E-state index contributed by atoms with van der Waals surface area (Å²) >= 11 is 2.56. The Morgan fingerprint density at radius 3 is 1.75 bits per heavy atom. The number of hydrogen-bond donors (Lipinski definition) is 0. The predicted molar refractivity (Wildman–Crippen MR) is 16.2 cm³/mol. The van der Waals surface area contributed by atoms with E-state index in [1.165, 1.54) is 0 Å². The van der Waals surface area contributed by atoms with Crippen molar-refractivity contribution < 1.29 is 16.2 Å². The third-order valence-electron chi connectivity index (χ3n) is 0. The number of nitroso groups, excluding NO2 is 1. The van der Waals surface area contributed by atoms with E-state index in [9.17, 15) is 0 Å². The topological polar surface area (TPSA) is 29.4 Å².